The third-order valence-corrected chi connectivity index (χ3v) is 3.85. The Hall–Kier alpha value is -1.62. The van der Waals surface area contributed by atoms with Crippen molar-refractivity contribution in [2.75, 3.05) is 18.9 Å². The number of rotatable bonds is 3. The summed E-state index contributed by atoms with van der Waals surface area (Å²) in [5.41, 5.74) is 5.93. The van der Waals surface area contributed by atoms with Crippen LogP contribution in [0.25, 0.3) is 0 Å². The molecule has 1 aromatic carbocycles. The highest BCUT2D eigenvalue weighted by molar-refractivity contribution is 5.89. The molecule has 0 bridgehead atoms. The molecule has 19 heavy (non-hydrogen) atoms. The van der Waals surface area contributed by atoms with Gasteiger partial charge in [0.1, 0.15) is 5.82 Å². The maximum Gasteiger partial charge on any atom is 0.321 e. The number of carbonyl (C=O) groups excluding carboxylic acids is 1. The summed E-state index contributed by atoms with van der Waals surface area (Å²) in [6.07, 6.45) is 3.10. The summed E-state index contributed by atoms with van der Waals surface area (Å²) in [7, 11) is 1.74. The number of nitrogens with zero attached hydrogens (tertiary/aromatic N) is 1. The van der Waals surface area contributed by atoms with E-state index in [2.05, 4.69) is 5.32 Å². The summed E-state index contributed by atoms with van der Waals surface area (Å²) < 4.78 is 13.5. The van der Waals surface area contributed by atoms with E-state index in [-0.39, 0.29) is 17.8 Å². The number of nitrogens with two attached hydrogens (primary N) is 1. The van der Waals surface area contributed by atoms with Gasteiger partial charge in [-0.05, 0) is 37.4 Å². The van der Waals surface area contributed by atoms with Gasteiger partial charge in [0.05, 0.1) is 5.69 Å². The van der Waals surface area contributed by atoms with E-state index in [1.165, 1.54) is 6.07 Å². The van der Waals surface area contributed by atoms with Crippen LogP contribution in [0, 0.1) is 11.7 Å². The second kappa shape index (κ2) is 6.02. The molecule has 5 heteroatoms. The van der Waals surface area contributed by atoms with Crippen LogP contribution in [0.15, 0.2) is 24.3 Å². The van der Waals surface area contributed by atoms with Gasteiger partial charge in [-0.25, -0.2) is 9.18 Å². The largest absolute Gasteiger partial charge is 0.330 e. The van der Waals surface area contributed by atoms with E-state index < -0.39 is 5.82 Å². The van der Waals surface area contributed by atoms with Crippen LogP contribution in [-0.2, 0) is 0 Å². The fraction of sp³-hybridized carbons (Fsp3) is 0.500. The zero-order valence-electron chi connectivity index (χ0n) is 11.1. The zero-order chi connectivity index (χ0) is 13.8. The summed E-state index contributed by atoms with van der Waals surface area (Å²) in [5.74, 6) is -0.0811. The molecule has 1 aliphatic carbocycles. The first-order valence-electron chi connectivity index (χ1n) is 6.62. The molecule has 0 aliphatic heterocycles. The lowest BCUT2D eigenvalue weighted by molar-refractivity contribution is 0.189. The fourth-order valence-electron chi connectivity index (χ4n) is 2.72. The minimum absolute atomic E-state index is 0.150. The van der Waals surface area contributed by atoms with Crippen LogP contribution in [0.4, 0.5) is 14.9 Å². The van der Waals surface area contributed by atoms with E-state index >= 15 is 0 Å². The number of para-hydroxylation sites is 1. The highest BCUT2D eigenvalue weighted by Gasteiger charge is 2.31. The van der Waals surface area contributed by atoms with Crippen LogP contribution < -0.4 is 11.1 Å². The standard InChI is InChI=1S/C14H20FN3O/c1-18(13-8-4-5-10(13)9-16)14(19)17-12-7-3-2-6-11(12)15/h2-3,6-7,10,13H,4-5,8-9,16H2,1H3,(H,17,19). The lowest BCUT2D eigenvalue weighted by Crippen LogP contribution is -2.43. The van der Waals surface area contributed by atoms with Crippen LogP contribution in [0.5, 0.6) is 0 Å². The highest BCUT2D eigenvalue weighted by atomic mass is 19.1. The normalized spacial score (nSPS) is 22.3. The predicted molar refractivity (Wildman–Crippen MR) is 73.4 cm³/mol. The Morgan fingerprint density at radius 2 is 2.21 bits per heavy atom. The van der Waals surface area contributed by atoms with E-state index in [0.717, 1.165) is 19.3 Å². The molecule has 0 heterocycles. The van der Waals surface area contributed by atoms with E-state index in [1.807, 2.05) is 0 Å². The summed E-state index contributed by atoms with van der Waals surface area (Å²) in [4.78, 5) is 13.8. The van der Waals surface area contributed by atoms with Crippen molar-refractivity contribution in [3.8, 4) is 0 Å². The van der Waals surface area contributed by atoms with Crippen molar-refractivity contribution in [3.05, 3.63) is 30.1 Å². The molecule has 4 nitrogen and oxygen atoms in total. The number of anilines is 1. The van der Waals surface area contributed by atoms with Crippen molar-refractivity contribution in [1.82, 2.24) is 4.90 Å². The number of hydrogen-bond donors (Lipinski definition) is 2. The van der Waals surface area contributed by atoms with Crippen LogP contribution in [0.1, 0.15) is 19.3 Å². The number of halogens is 1. The Kier molecular flexibility index (Phi) is 4.37. The van der Waals surface area contributed by atoms with Crippen LogP contribution in [0.3, 0.4) is 0 Å². The number of urea groups is 1. The van der Waals surface area contributed by atoms with Crippen molar-refractivity contribution in [1.29, 1.82) is 0 Å². The topological polar surface area (TPSA) is 58.4 Å². The average molecular weight is 265 g/mol. The number of benzene rings is 1. The van der Waals surface area contributed by atoms with Gasteiger partial charge in [-0.1, -0.05) is 18.6 Å². The van der Waals surface area contributed by atoms with Gasteiger partial charge in [0, 0.05) is 13.1 Å². The summed E-state index contributed by atoms with van der Waals surface area (Å²) in [6, 6.07) is 6.03. The maximum atomic E-state index is 13.5. The third-order valence-electron chi connectivity index (χ3n) is 3.85. The van der Waals surface area contributed by atoms with E-state index in [4.69, 9.17) is 5.73 Å². The quantitative estimate of drug-likeness (QED) is 0.881. The number of carbonyl (C=O) groups is 1. The first kappa shape index (κ1) is 13.8. The van der Waals surface area contributed by atoms with E-state index in [9.17, 15) is 9.18 Å². The SMILES string of the molecule is CN(C(=O)Nc1ccccc1F)C1CCCC1CN. The summed E-state index contributed by atoms with van der Waals surface area (Å²) in [6.45, 7) is 0.585. The molecule has 3 N–H and O–H groups in total. The van der Waals surface area contributed by atoms with Crippen molar-refractivity contribution in [2.24, 2.45) is 11.7 Å². The monoisotopic (exact) mass is 265 g/mol. The smallest absolute Gasteiger partial charge is 0.321 e. The lowest BCUT2D eigenvalue weighted by atomic mass is 10.0. The van der Waals surface area contributed by atoms with Crippen molar-refractivity contribution >= 4 is 11.7 Å². The molecular weight excluding hydrogens is 245 g/mol. The molecule has 2 rings (SSSR count). The molecule has 2 atom stereocenters. The predicted octanol–water partition coefficient (Wildman–Crippen LogP) is 2.42. The first-order valence-corrected chi connectivity index (χ1v) is 6.62. The van der Waals surface area contributed by atoms with Gasteiger partial charge in [-0.3, -0.25) is 0 Å². The summed E-state index contributed by atoms with van der Waals surface area (Å²) in [5, 5.41) is 2.60. The zero-order valence-corrected chi connectivity index (χ0v) is 11.1. The molecule has 104 valence electrons. The van der Waals surface area contributed by atoms with Gasteiger partial charge in [-0.15, -0.1) is 0 Å². The second-order valence-electron chi connectivity index (χ2n) is 5.01. The van der Waals surface area contributed by atoms with Gasteiger partial charge in [-0.2, -0.15) is 0 Å². The van der Waals surface area contributed by atoms with E-state index in [0.29, 0.717) is 12.5 Å². The Morgan fingerprint density at radius 3 is 2.89 bits per heavy atom. The highest BCUT2D eigenvalue weighted by Crippen LogP contribution is 2.29. The third kappa shape index (κ3) is 3.04. The molecular formula is C14H20FN3O. The van der Waals surface area contributed by atoms with E-state index in [1.54, 1.807) is 30.1 Å². The van der Waals surface area contributed by atoms with Crippen LogP contribution in [-0.4, -0.2) is 30.6 Å². The molecule has 0 spiro atoms. The van der Waals surface area contributed by atoms with Crippen molar-refractivity contribution in [3.63, 3.8) is 0 Å². The van der Waals surface area contributed by atoms with Crippen LogP contribution in [0.2, 0.25) is 0 Å². The maximum absolute atomic E-state index is 13.5. The number of hydrogen-bond acceptors (Lipinski definition) is 2. The molecule has 0 saturated heterocycles. The molecule has 1 fully saturated rings. The van der Waals surface area contributed by atoms with Crippen LogP contribution >= 0.6 is 0 Å². The Balaban J connectivity index is 2.02. The second-order valence-corrected chi connectivity index (χ2v) is 5.01. The van der Waals surface area contributed by atoms with Gasteiger partial charge >= 0.3 is 6.03 Å². The minimum Gasteiger partial charge on any atom is -0.330 e. The molecule has 0 aromatic heterocycles. The van der Waals surface area contributed by atoms with Gasteiger partial charge in [0.25, 0.3) is 0 Å². The Labute approximate surface area is 112 Å². The molecule has 1 aliphatic rings. The summed E-state index contributed by atoms with van der Waals surface area (Å²) >= 11 is 0. The van der Waals surface area contributed by atoms with Crippen molar-refractivity contribution < 1.29 is 9.18 Å². The molecule has 2 unspecified atom stereocenters. The molecule has 0 radical (unpaired) electrons. The van der Waals surface area contributed by atoms with Crippen molar-refractivity contribution in [2.45, 2.75) is 25.3 Å². The first-order chi connectivity index (χ1) is 9.13. The van der Waals surface area contributed by atoms with Gasteiger partial charge in [0.2, 0.25) is 0 Å². The lowest BCUT2D eigenvalue weighted by Gasteiger charge is -2.29. The Bertz CT molecular complexity index is 452. The molecule has 1 saturated carbocycles. The fourth-order valence-corrected chi connectivity index (χ4v) is 2.72. The van der Waals surface area contributed by atoms with Gasteiger partial charge in [0.15, 0.2) is 0 Å². The molecule has 1 aromatic rings. The Morgan fingerprint density at radius 1 is 1.47 bits per heavy atom. The molecule has 2 amide bonds. The number of nitrogens with one attached hydrogen (secondary N) is 1. The number of amides is 2. The van der Waals surface area contributed by atoms with Gasteiger partial charge < -0.3 is 16.0 Å². The minimum atomic E-state index is -0.425. The average Bonchev–Trinajstić information content (AvgIpc) is 2.88.